The Labute approximate surface area is 67.6 Å². The van der Waals surface area contributed by atoms with E-state index in [9.17, 15) is 0 Å². The minimum atomic E-state index is -0.0990. The van der Waals surface area contributed by atoms with Crippen molar-refractivity contribution in [3.05, 3.63) is 0 Å². The van der Waals surface area contributed by atoms with E-state index >= 15 is 0 Å². The Bertz CT molecular complexity index is 75.1. The van der Waals surface area contributed by atoms with Gasteiger partial charge in [0.25, 0.3) is 0 Å². The largest absolute Gasteiger partial charge is 0.299 e. The summed E-state index contributed by atoms with van der Waals surface area (Å²) in [5.41, 5.74) is 0. The van der Waals surface area contributed by atoms with Gasteiger partial charge in [-0.3, -0.25) is 5.32 Å². The normalized spacial score (nSPS) is 35.3. The third-order valence-electron chi connectivity index (χ3n) is 1.57. The number of hydrogen-bond donors (Lipinski definition) is 1. The highest BCUT2D eigenvalue weighted by molar-refractivity contribution is 6.23. The Morgan fingerprint density at radius 3 is 2.33 bits per heavy atom. The van der Waals surface area contributed by atoms with Crippen molar-refractivity contribution in [3.8, 4) is 0 Å². The van der Waals surface area contributed by atoms with E-state index in [4.69, 9.17) is 11.6 Å². The number of hydrogen-bond acceptors (Lipinski definition) is 1. The summed E-state index contributed by atoms with van der Waals surface area (Å²) in [5, 5.41) is 3.22. The number of piperidine rings is 1. The quantitative estimate of drug-likeness (QED) is 0.433. The molecule has 0 aromatic heterocycles. The standard InChI is InChI=1S/C6H12ClN.ClH/c1-6(7)4-2-3-5-8-6;/h8H,2-5H2,1H3;1H. The molecular formula is C6H13Cl2N. The summed E-state index contributed by atoms with van der Waals surface area (Å²) in [4.78, 5) is -0.0990. The van der Waals surface area contributed by atoms with E-state index in [2.05, 4.69) is 5.32 Å². The fraction of sp³-hybridized carbons (Fsp3) is 1.00. The Morgan fingerprint density at radius 2 is 2.11 bits per heavy atom. The average molecular weight is 170 g/mol. The monoisotopic (exact) mass is 169 g/mol. The van der Waals surface area contributed by atoms with Crippen molar-refractivity contribution in [1.82, 2.24) is 5.32 Å². The molecule has 3 heteroatoms. The van der Waals surface area contributed by atoms with Crippen molar-refractivity contribution in [3.63, 3.8) is 0 Å². The van der Waals surface area contributed by atoms with Crippen molar-refractivity contribution >= 4 is 24.0 Å². The third kappa shape index (κ3) is 3.29. The van der Waals surface area contributed by atoms with Gasteiger partial charge in [-0.1, -0.05) is 0 Å². The molecule has 9 heavy (non-hydrogen) atoms. The van der Waals surface area contributed by atoms with Gasteiger partial charge in [-0.05, 0) is 32.7 Å². The van der Waals surface area contributed by atoms with Gasteiger partial charge < -0.3 is 0 Å². The minimum Gasteiger partial charge on any atom is -0.299 e. The van der Waals surface area contributed by atoms with E-state index in [0.29, 0.717) is 0 Å². The number of nitrogens with one attached hydrogen (secondary N) is 1. The smallest absolute Gasteiger partial charge is 0.0907 e. The summed E-state index contributed by atoms with van der Waals surface area (Å²) >= 11 is 5.96. The zero-order valence-corrected chi connectivity index (χ0v) is 7.19. The molecule has 1 nitrogen and oxygen atoms in total. The van der Waals surface area contributed by atoms with Crippen LogP contribution in [0.5, 0.6) is 0 Å². The van der Waals surface area contributed by atoms with Crippen LogP contribution in [0.4, 0.5) is 0 Å². The van der Waals surface area contributed by atoms with Crippen LogP contribution in [0.3, 0.4) is 0 Å². The van der Waals surface area contributed by atoms with Crippen molar-refractivity contribution in [1.29, 1.82) is 0 Å². The van der Waals surface area contributed by atoms with Crippen molar-refractivity contribution in [2.45, 2.75) is 31.2 Å². The third-order valence-corrected chi connectivity index (χ3v) is 1.89. The second-order valence-corrected chi connectivity index (χ2v) is 3.42. The fourth-order valence-electron chi connectivity index (χ4n) is 1.02. The molecule has 1 heterocycles. The van der Waals surface area contributed by atoms with E-state index < -0.39 is 0 Å². The molecule has 0 aromatic rings. The van der Waals surface area contributed by atoms with Gasteiger partial charge in [0.05, 0.1) is 5.00 Å². The molecule has 1 unspecified atom stereocenters. The molecule has 1 N–H and O–H groups in total. The molecule has 1 fully saturated rings. The van der Waals surface area contributed by atoms with Crippen LogP contribution in [-0.4, -0.2) is 11.5 Å². The van der Waals surface area contributed by atoms with Crippen LogP contribution in [0.25, 0.3) is 0 Å². The van der Waals surface area contributed by atoms with E-state index in [1.54, 1.807) is 0 Å². The summed E-state index contributed by atoms with van der Waals surface area (Å²) < 4.78 is 0. The zero-order valence-electron chi connectivity index (χ0n) is 5.61. The first-order valence-electron chi connectivity index (χ1n) is 3.15. The Hall–Kier alpha value is 0.540. The zero-order chi connectivity index (χ0) is 6.04. The molecule has 1 aliphatic heterocycles. The maximum atomic E-state index is 5.96. The van der Waals surface area contributed by atoms with Crippen molar-refractivity contribution < 1.29 is 0 Å². The first-order chi connectivity index (χ1) is 3.71. The predicted octanol–water partition coefficient (Wildman–Crippen LogP) is 2.14. The van der Waals surface area contributed by atoms with Gasteiger partial charge in [0.2, 0.25) is 0 Å². The molecule has 1 aliphatic rings. The van der Waals surface area contributed by atoms with Gasteiger partial charge in [0.15, 0.2) is 0 Å². The maximum absolute atomic E-state index is 5.96. The predicted molar refractivity (Wildman–Crippen MR) is 43.4 cm³/mol. The van der Waals surface area contributed by atoms with Crippen LogP contribution in [0.15, 0.2) is 0 Å². The van der Waals surface area contributed by atoms with Crippen LogP contribution in [0, 0.1) is 0 Å². The van der Waals surface area contributed by atoms with Gasteiger partial charge in [-0.2, -0.15) is 0 Å². The van der Waals surface area contributed by atoms with Crippen LogP contribution in [0.2, 0.25) is 0 Å². The van der Waals surface area contributed by atoms with E-state index in [-0.39, 0.29) is 17.4 Å². The molecule has 0 aliphatic carbocycles. The summed E-state index contributed by atoms with van der Waals surface area (Å²) in [5.74, 6) is 0. The highest BCUT2D eigenvalue weighted by Gasteiger charge is 2.21. The SMILES string of the molecule is CC1(Cl)CCCCN1.Cl. The Balaban J connectivity index is 0.000000640. The van der Waals surface area contributed by atoms with Crippen LogP contribution >= 0.6 is 24.0 Å². The number of rotatable bonds is 0. The Kier molecular flexibility index (Phi) is 3.86. The lowest BCUT2D eigenvalue weighted by atomic mass is 10.1. The van der Waals surface area contributed by atoms with Crippen LogP contribution < -0.4 is 5.32 Å². The molecule has 0 bridgehead atoms. The highest BCUT2D eigenvalue weighted by Crippen LogP contribution is 2.21. The topological polar surface area (TPSA) is 12.0 Å². The van der Waals surface area contributed by atoms with Crippen molar-refractivity contribution in [2.75, 3.05) is 6.54 Å². The average Bonchev–Trinajstić information content (AvgIpc) is 1.65. The molecule has 56 valence electrons. The van der Waals surface area contributed by atoms with Gasteiger partial charge in [-0.15, -0.1) is 24.0 Å². The van der Waals surface area contributed by atoms with Gasteiger partial charge in [0, 0.05) is 0 Å². The highest BCUT2D eigenvalue weighted by atomic mass is 35.5. The van der Waals surface area contributed by atoms with E-state index in [0.717, 1.165) is 13.0 Å². The van der Waals surface area contributed by atoms with E-state index in [1.165, 1.54) is 12.8 Å². The van der Waals surface area contributed by atoms with Crippen molar-refractivity contribution in [2.24, 2.45) is 0 Å². The lowest BCUT2D eigenvalue weighted by Crippen LogP contribution is -2.40. The molecule has 1 rings (SSSR count). The first kappa shape index (κ1) is 9.54. The first-order valence-corrected chi connectivity index (χ1v) is 3.52. The second kappa shape index (κ2) is 3.65. The fourth-order valence-corrected chi connectivity index (χ4v) is 1.25. The van der Waals surface area contributed by atoms with Crippen LogP contribution in [0.1, 0.15) is 26.2 Å². The number of alkyl halides is 1. The molecule has 0 spiro atoms. The molecule has 0 saturated carbocycles. The van der Waals surface area contributed by atoms with Crippen LogP contribution in [-0.2, 0) is 0 Å². The maximum Gasteiger partial charge on any atom is 0.0907 e. The lowest BCUT2D eigenvalue weighted by Gasteiger charge is -2.28. The molecule has 0 amide bonds. The summed E-state index contributed by atoms with van der Waals surface area (Å²) in [6.07, 6.45) is 3.66. The molecule has 0 aromatic carbocycles. The van der Waals surface area contributed by atoms with Gasteiger partial charge >= 0.3 is 0 Å². The van der Waals surface area contributed by atoms with E-state index in [1.807, 2.05) is 6.92 Å². The molecule has 0 radical (unpaired) electrons. The molecule has 1 saturated heterocycles. The second-order valence-electron chi connectivity index (χ2n) is 2.58. The molecular weight excluding hydrogens is 157 g/mol. The van der Waals surface area contributed by atoms with Gasteiger partial charge in [0.1, 0.15) is 0 Å². The molecule has 1 atom stereocenters. The summed E-state index contributed by atoms with van der Waals surface area (Å²) in [6, 6.07) is 0. The lowest BCUT2D eigenvalue weighted by molar-refractivity contribution is 0.381. The van der Waals surface area contributed by atoms with Gasteiger partial charge in [-0.25, -0.2) is 0 Å². The summed E-state index contributed by atoms with van der Waals surface area (Å²) in [7, 11) is 0. The Morgan fingerprint density at radius 1 is 1.44 bits per heavy atom. The summed E-state index contributed by atoms with van der Waals surface area (Å²) in [6.45, 7) is 3.12. The minimum absolute atomic E-state index is 0. The number of halogens is 2.